The van der Waals surface area contributed by atoms with E-state index in [0.717, 1.165) is 40.3 Å². The van der Waals surface area contributed by atoms with Crippen LogP contribution in [0.2, 0.25) is 0 Å². The minimum Gasteiger partial charge on any atom is -0.489 e. The molecule has 0 radical (unpaired) electrons. The third kappa shape index (κ3) is 3.20. The van der Waals surface area contributed by atoms with Crippen molar-refractivity contribution in [2.45, 2.75) is 6.61 Å². The number of amidine groups is 1. The Labute approximate surface area is 126 Å². The lowest BCUT2D eigenvalue weighted by Gasteiger charge is -2.07. The van der Waals surface area contributed by atoms with Gasteiger partial charge in [-0.15, -0.1) is 0 Å². The molecule has 0 atom stereocenters. The Bertz CT molecular complexity index is 605. The fourth-order valence-corrected chi connectivity index (χ4v) is 2.31. The van der Waals surface area contributed by atoms with E-state index in [-0.39, 0.29) is 0 Å². The molecule has 3 rings (SSSR count). The predicted octanol–water partition coefficient (Wildman–Crippen LogP) is 3.38. The van der Waals surface area contributed by atoms with Gasteiger partial charge in [0.15, 0.2) is 0 Å². The molecule has 0 aliphatic carbocycles. The Morgan fingerprint density at radius 2 is 1.80 bits per heavy atom. The Hall–Kier alpha value is -1.81. The van der Waals surface area contributed by atoms with Gasteiger partial charge in [0, 0.05) is 16.6 Å². The van der Waals surface area contributed by atoms with Crippen LogP contribution in [0.25, 0.3) is 0 Å². The summed E-state index contributed by atoms with van der Waals surface area (Å²) in [6, 6.07) is 16.2. The van der Waals surface area contributed by atoms with E-state index in [0.29, 0.717) is 6.61 Å². The van der Waals surface area contributed by atoms with Gasteiger partial charge in [-0.2, -0.15) is 0 Å². The van der Waals surface area contributed by atoms with Gasteiger partial charge in [0.2, 0.25) is 0 Å². The molecule has 1 aliphatic heterocycles. The number of hydrogen-bond acceptors (Lipinski definition) is 3. The third-order valence-corrected chi connectivity index (χ3v) is 3.65. The number of halogens is 1. The summed E-state index contributed by atoms with van der Waals surface area (Å²) in [6.45, 7) is 2.37. The number of benzene rings is 2. The SMILES string of the molecule is Brc1ccc(OCc2ccc(C3=NCCN3)cc2)cc1. The Morgan fingerprint density at radius 3 is 2.45 bits per heavy atom. The number of rotatable bonds is 4. The number of nitrogens with zero attached hydrogens (tertiary/aromatic N) is 1. The quantitative estimate of drug-likeness (QED) is 0.932. The van der Waals surface area contributed by atoms with E-state index >= 15 is 0 Å². The Kier molecular flexibility index (Phi) is 4.02. The maximum Gasteiger partial charge on any atom is 0.128 e. The minimum atomic E-state index is 0.571. The molecule has 2 aromatic carbocycles. The van der Waals surface area contributed by atoms with Gasteiger partial charge in [0.25, 0.3) is 0 Å². The molecule has 0 spiro atoms. The number of hydrogen-bond donors (Lipinski definition) is 1. The lowest BCUT2D eigenvalue weighted by atomic mass is 10.1. The molecule has 102 valence electrons. The van der Waals surface area contributed by atoms with Crippen LogP contribution in [0.4, 0.5) is 0 Å². The predicted molar refractivity (Wildman–Crippen MR) is 84.3 cm³/mol. The summed E-state index contributed by atoms with van der Waals surface area (Å²) >= 11 is 3.41. The van der Waals surface area contributed by atoms with Gasteiger partial charge in [-0.1, -0.05) is 40.2 Å². The van der Waals surface area contributed by atoms with Crippen LogP contribution in [0.1, 0.15) is 11.1 Å². The van der Waals surface area contributed by atoms with Crippen molar-refractivity contribution >= 4 is 21.8 Å². The molecule has 0 bridgehead atoms. The average Bonchev–Trinajstić information content (AvgIpc) is 3.01. The molecule has 0 amide bonds. The molecule has 1 N–H and O–H groups in total. The Balaban J connectivity index is 1.62. The van der Waals surface area contributed by atoms with E-state index in [2.05, 4.69) is 50.5 Å². The summed E-state index contributed by atoms with van der Waals surface area (Å²) < 4.78 is 6.80. The molecule has 0 saturated carbocycles. The van der Waals surface area contributed by atoms with Crippen LogP contribution >= 0.6 is 15.9 Å². The highest BCUT2D eigenvalue weighted by Gasteiger charge is 2.07. The van der Waals surface area contributed by atoms with Gasteiger partial charge in [-0.05, 0) is 29.8 Å². The molecule has 3 nitrogen and oxygen atoms in total. The molecule has 0 aromatic heterocycles. The second-order valence-corrected chi connectivity index (χ2v) is 5.51. The molecular weight excluding hydrogens is 316 g/mol. The summed E-state index contributed by atoms with van der Waals surface area (Å²) in [5.74, 6) is 1.87. The average molecular weight is 331 g/mol. The Morgan fingerprint density at radius 1 is 1.05 bits per heavy atom. The molecule has 0 saturated heterocycles. The van der Waals surface area contributed by atoms with E-state index in [1.807, 2.05) is 24.3 Å². The van der Waals surface area contributed by atoms with E-state index in [9.17, 15) is 0 Å². The van der Waals surface area contributed by atoms with Crippen molar-refractivity contribution in [2.75, 3.05) is 13.1 Å². The number of ether oxygens (including phenoxy) is 1. The largest absolute Gasteiger partial charge is 0.489 e. The van der Waals surface area contributed by atoms with Crippen LogP contribution < -0.4 is 10.1 Å². The zero-order chi connectivity index (χ0) is 13.8. The van der Waals surface area contributed by atoms with Crippen molar-refractivity contribution in [3.63, 3.8) is 0 Å². The van der Waals surface area contributed by atoms with E-state index in [1.54, 1.807) is 0 Å². The maximum absolute atomic E-state index is 5.75. The van der Waals surface area contributed by atoms with Crippen molar-refractivity contribution in [2.24, 2.45) is 4.99 Å². The van der Waals surface area contributed by atoms with Crippen LogP contribution in [-0.4, -0.2) is 18.9 Å². The van der Waals surface area contributed by atoms with Crippen LogP contribution in [-0.2, 0) is 6.61 Å². The minimum absolute atomic E-state index is 0.571. The van der Waals surface area contributed by atoms with Gasteiger partial charge in [-0.25, -0.2) is 0 Å². The number of nitrogens with one attached hydrogen (secondary N) is 1. The van der Waals surface area contributed by atoms with Crippen molar-refractivity contribution in [1.82, 2.24) is 5.32 Å². The van der Waals surface area contributed by atoms with Crippen LogP contribution in [0.5, 0.6) is 5.75 Å². The highest BCUT2D eigenvalue weighted by Crippen LogP contribution is 2.17. The van der Waals surface area contributed by atoms with E-state index < -0.39 is 0 Å². The fraction of sp³-hybridized carbons (Fsp3) is 0.188. The van der Waals surface area contributed by atoms with Crippen molar-refractivity contribution in [3.05, 3.63) is 64.1 Å². The topological polar surface area (TPSA) is 33.6 Å². The second kappa shape index (κ2) is 6.09. The van der Waals surface area contributed by atoms with Crippen molar-refractivity contribution in [3.8, 4) is 5.75 Å². The molecule has 0 fully saturated rings. The summed E-state index contributed by atoms with van der Waals surface area (Å²) in [5.41, 5.74) is 2.28. The molecule has 0 unspecified atom stereocenters. The lowest BCUT2D eigenvalue weighted by molar-refractivity contribution is 0.306. The first-order valence-electron chi connectivity index (χ1n) is 6.57. The molecule has 1 aliphatic rings. The van der Waals surface area contributed by atoms with Crippen LogP contribution in [0.15, 0.2) is 58.0 Å². The smallest absolute Gasteiger partial charge is 0.128 e. The molecule has 20 heavy (non-hydrogen) atoms. The molecule has 2 aromatic rings. The molecular formula is C16H15BrN2O. The highest BCUT2D eigenvalue weighted by atomic mass is 79.9. The molecule has 1 heterocycles. The first-order chi connectivity index (χ1) is 9.81. The zero-order valence-electron chi connectivity index (χ0n) is 11.0. The van der Waals surface area contributed by atoms with Crippen molar-refractivity contribution in [1.29, 1.82) is 0 Å². The van der Waals surface area contributed by atoms with Gasteiger partial charge in [0.05, 0.1) is 6.54 Å². The van der Waals surface area contributed by atoms with Gasteiger partial charge < -0.3 is 10.1 Å². The van der Waals surface area contributed by atoms with E-state index in [4.69, 9.17) is 4.74 Å². The maximum atomic E-state index is 5.75. The standard InChI is InChI=1S/C16H15BrN2O/c17-14-5-7-15(8-6-14)20-11-12-1-3-13(4-2-12)16-18-9-10-19-16/h1-8H,9-11H2,(H,18,19). The first kappa shape index (κ1) is 13.2. The van der Waals surface area contributed by atoms with Gasteiger partial charge in [0.1, 0.15) is 18.2 Å². The normalized spacial score (nSPS) is 13.8. The van der Waals surface area contributed by atoms with Gasteiger partial charge in [-0.3, -0.25) is 4.99 Å². The summed E-state index contributed by atoms with van der Waals surface area (Å²) in [6.07, 6.45) is 0. The van der Waals surface area contributed by atoms with Gasteiger partial charge >= 0.3 is 0 Å². The molecule has 4 heteroatoms. The van der Waals surface area contributed by atoms with Crippen LogP contribution in [0.3, 0.4) is 0 Å². The van der Waals surface area contributed by atoms with E-state index in [1.165, 1.54) is 0 Å². The zero-order valence-corrected chi connectivity index (χ0v) is 12.6. The lowest BCUT2D eigenvalue weighted by Crippen LogP contribution is -2.19. The first-order valence-corrected chi connectivity index (χ1v) is 7.36. The number of aliphatic imine (C=N–C) groups is 1. The van der Waals surface area contributed by atoms with Crippen molar-refractivity contribution < 1.29 is 4.74 Å². The monoisotopic (exact) mass is 330 g/mol. The summed E-state index contributed by atoms with van der Waals surface area (Å²) in [7, 11) is 0. The fourth-order valence-electron chi connectivity index (χ4n) is 2.05. The highest BCUT2D eigenvalue weighted by molar-refractivity contribution is 9.10. The van der Waals surface area contributed by atoms with Crippen LogP contribution in [0, 0.1) is 0 Å². The third-order valence-electron chi connectivity index (χ3n) is 3.12. The summed E-state index contributed by atoms with van der Waals surface area (Å²) in [4.78, 5) is 4.41. The summed E-state index contributed by atoms with van der Waals surface area (Å²) in [5, 5.41) is 3.27. The second-order valence-electron chi connectivity index (χ2n) is 4.60.